The minimum atomic E-state index is 0.216. The minimum Gasteiger partial charge on any atom is -0.381 e. The molecule has 1 N–H and O–H groups in total. The van der Waals surface area contributed by atoms with Gasteiger partial charge < -0.3 is 10.1 Å². The Labute approximate surface area is 114 Å². The predicted octanol–water partition coefficient (Wildman–Crippen LogP) is 3.87. The summed E-state index contributed by atoms with van der Waals surface area (Å²) in [6, 6.07) is 6.55. The van der Waals surface area contributed by atoms with Crippen molar-refractivity contribution < 1.29 is 4.74 Å². The molecule has 0 spiro atoms. The fourth-order valence-corrected chi connectivity index (χ4v) is 3.80. The molecule has 0 radical (unpaired) electrons. The molecule has 3 heteroatoms. The number of hydrogen-bond acceptors (Lipinski definition) is 2. The van der Waals surface area contributed by atoms with Gasteiger partial charge in [0.1, 0.15) is 0 Å². The van der Waals surface area contributed by atoms with E-state index in [1.54, 1.807) is 0 Å². The van der Waals surface area contributed by atoms with Gasteiger partial charge in [-0.3, -0.25) is 0 Å². The third-order valence-corrected chi connectivity index (χ3v) is 4.84. The Morgan fingerprint density at radius 2 is 2.17 bits per heavy atom. The van der Waals surface area contributed by atoms with Crippen LogP contribution in [0, 0.1) is 18.3 Å². The molecule has 98 valence electrons. The van der Waals surface area contributed by atoms with Crippen molar-refractivity contribution in [1.82, 2.24) is 0 Å². The van der Waals surface area contributed by atoms with E-state index in [4.69, 9.17) is 16.3 Å². The second-order valence-corrected chi connectivity index (χ2v) is 6.58. The fraction of sp³-hybridized carbons (Fsp3) is 0.600. The van der Waals surface area contributed by atoms with Crippen molar-refractivity contribution in [3.8, 4) is 0 Å². The smallest absolute Gasteiger partial charge is 0.0694 e. The highest BCUT2D eigenvalue weighted by Crippen LogP contribution is 2.53. The quantitative estimate of drug-likeness (QED) is 0.876. The number of rotatable bonds is 2. The van der Waals surface area contributed by atoms with Crippen molar-refractivity contribution in [2.24, 2.45) is 11.3 Å². The van der Waals surface area contributed by atoms with Gasteiger partial charge in [-0.15, -0.1) is 0 Å². The summed E-state index contributed by atoms with van der Waals surface area (Å²) in [5.74, 6) is 0.662. The maximum atomic E-state index is 6.00. The zero-order valence-corrected chi connectivity index (χ0v) is 11.9. The Balaban J connectivity index is 1.80. The molecule has 1 aromatic rings. The first-order valence-electron chi connectivity index (χ1n) is 6.64. The number of anilines is 1. The average molecular weight is 266 g/mol. The first-order chi connectivity index (χ1) is 8.50. The first kappa shape index (κ1) is 12.3. The van der Waals surface area contributed by atoms with Crippen LogP contribution in [0.1, 0.15) is 25.8 Å². The largest absolute Gasteiger partial charge is 0.381 e. The van der Waals surface area contributed by atoms with Gasteiger partial charge in [0.25, 0.3) is 0 Å². The standard InChI is InChI=1S/C15H20ClNO/c1-9-8-10(16)4-5-12(9)17-13-11-6-7-18-14(11)15(13,2)3/h4-5,8,11,13-14,17H,6-7H2,1-3H3. The molecule has 1 heterocycles. The summed E-state index contributed by atoms with van der Waals surface area (Å²) >= 11 is 6.00. The van der Waals surface area contributed by atoms with Crippen molar-refractivity contribution in [1.29, 1.82) is 0 Å². The second-order valence-electron chi connectivity index (χ2n) is 6.15. The predicted molar refractivity (Wildman–Crippen MR) is 75.2 cm³/mol. The van der Waals surface area contributed by atoms with Gasteiger partial charge in [-0.2, -0.15) is 0 Å². The van der Waals surface area contributed by atoms with Crippen LogP contribution < -0.4 is 5.32 Å². The van der Waals surface area contributed by atoms with Crippen LogP contribution in [0.3, 0.4) is 0 Å². The normalized spacial score (nSPS) is 32.8. The summed E-state index contributed by atoms with van der Waals surface area (Å²) < 4.78 is 5.82. The monoisotopic (exact) mass is 265 g/mol. The highest BCUT2D eigenvalue weighted by molar-refractivity contribution is 6.30. The Bertz CT molecular complexity index is 472. The average Bonchev–Trinajstić information content (AvgIpc) is 2.74. The van der Waals surface area contributed by atoms with Crippen LogP contribution in [0.5, 0.6) is 0 Å². The zero-order valence-electron chi connectivity index (χ0n) is 11.2. The summed E-state index contributed by atoms with van der Waals surface area (Å²) in [5.41, 5.74) is 2.62. The van der Waals surface area contributed by atoms with E-state index in [9.17, 15) is 0 Å². The molecule has 2 fully saturated rings. The molecule has 2 nitrogen and oxygen atoms in total. The van der Waals surface area contributed by atoms with E-state index in [0.717, 1.165) is 11.6 Å². The third kappa shape index (κ3) is 1.74. The lowest BCUT2D eigenvalue weighted by Gasteiger charge is -2.55. The number of benzene rings is 1. The molecule has 18 heavy (non-hydrogen) atoms. The molecule has 0 aromatic heterocycles. The van der Waals surface area contributed by atoms with Gasteiger partial charge in [-0.05, 0) is 37.1 Å². The van der Waals surface area contributed by atoms with Gasteiger partial charge in [-0.1, -0.05) is 25.4 Å². The lowest BCUT2D eigenvalue weighted by Crippen LogP contribution is -2.63. The maximum Gasteiger partial charge on any atom is 0.0694 e. The van der Waals surface area contributed by atoms with E-state index in [2.05, 4.69) is 32.2 Å². The molecule has 1 aliphatic carbocycles. The SMILES string of the molecule is Cc1cc(Cl)ccc1NC1C2CCOC2C1(C)C. The van der Waals surface area contributed by atoms with E-state index in [-0.39, 0.29) is 5.41 Å². The molecule has 3 rings (SSSR count). The topological polar surface area (TPSA) is 21.3 Å². The Morgan fingerprint density at radius 3 is 2.89 bits per heavy atom. The van der Waals surface area contributed by atoms with E-state index in [1.807, 2.05) is 12.1 Å². The highest BCUT2D eigenvalue weighted by atomic mass is 35.5. The number of halogens is 1. The lowest BCUT2D eigenvalue weighted by molar-refractivity contribution is -0.0923. The van der Waals surface area contributed by atoms with Crippen molar-refractivity contribution in [3.05, 3.63) is 28.8 Å². The van der Waals surface area contributed by atoms with Gasteiger partial charge in [0.05, 0.1) is 6.10 Å². The molecule has 3 unspecified atom stereocenters. The summed E-state index contributed by atoms with van der Waals surface area (Å²) in [7, 11) is 0. The summed E-state index contributed by atoms with van der Waals surface area (Å²) in [5, 5.41) is 4.50. The lowest BCUT2D eigenvalue weighted by atomic mass is 9.57. The molecular weight excluding hydrogens is 246 g/mol. The van der Waals surface area contributed by atoms with E-state index in [1.165, 1.54) is 17.7 Å². The molecule has 1 saturated heterocycles. The summed E-state index contributed by atoms with van der Waals surface area (Å²) in [6.07, 6.45) is 1.61. The van der Waals surface area contributed by atoms with Crippen molar-refractivity contribution in [2.45, 2.75) is 39.3 Å². The van der Waals surface area contributed by atoms with Crippen LogP contribution in [0.4, 0.5) is 5.69 Å². The van der Waals surface area contributed by atoms with Crippen molar-refractivity contribution in [2.75, 3.05) is 11.9 Å². The molecule has 1 aromatic carbocycles. The number of aryl methyl sites for hydroxylation is 1. The first-order valence-corrected chi connectivity index (χ1v) is 7.02. The molecule has 2 aliphatic rings. The molecule has 0 bridgehead atoms. The number of fused-ring (bicyclic) bond motifs is 1. The van der Waals surface area contributed by atoms with E-state index < -0.39 is 0 Å². The van der Waals surface area contributed by atoms with Gasteiger partial charge in [0.2, 0.25) is 0 Å². The molecule has 3 atom stereocenters. The summed E-state index contributed by atoms with van der Waals surface area (Å²) in [4.78, 5) is 0. The van der Waals surface area contributed by atoms with Crippen molar-refractivity contribution >= 4 is 17.3 Å². The van der Waals surface area contributed by atoms with E-state index in [0.29, 0.717) is 18.1 Å². The molecule has 0 amide bonds. The molecule has 1 aliphatic heterocycles. The number of ether oxygens (including phenoxy) is 1. The van der Waals surface area contributed by atoms with Gasteiger partial charge in [0.15, 0.2) is 0 Å². The fourth-order valence-electron chi connectivity index (χ4n) is 3.57. The highest BCUT2D eigenvalue weighted by Gasteiger charge is 2.59. The number of hydrogen-bond donors (Lipinski definition) is 1. The van der Waals surface area contributed by atoms with Gasteiger partial charge >= 0.3 is 0 Å². The Kier molecular flexibility index (Phi) is 2.83. The van der Waals surface area contributed by atoms with Gasteiger partial charge in [-0.25, -0.2) is 0 Å². The zero-order chi connectivity index (χ0) is 12.9. The van der Waals surface area contributed by atoms with Gasteiger partial charge in [0, 0.05) is 34.7 Å². The van der Waals surface area contributed by atoms with Crippen LogP contribution in [0.15, 0.2) is 18.2 Å². The number of nitrogens with one attached hydrogen (secondary N) is 1. The maximum absolute atomic E-state index is 6.00. The van der Waals surface area contributed by atoms with E-state index >= 15 is 0 Å². The molecule has 1 saturated carbocycles. The third-order valence-electron chi connectivity index (χ3n) is 4.60. The molecular formula is C15H20ClNO. The van der Waals surface area contributed by atoms with Crippen LogP contribution in [0.2, 0.25) is 5.02 Å². The summed E-state index contributed by atoms with van der Waals surface area (Å²) in [6.45, 7) is 7.60. The minimum absolute atomic E-state index is 0.216. The van der Waals surface area contributed by atoms with Crippen LogP contribution in [-0.2, 0) is 4.74 Å². The Hall–Kier alpha value is -0.730. The van der Waals surface area contributed by atoms with Crippen LogP contribution in [0.25, 0.3) is 0 Å². The second kappa shape index (κ2) is 4.14. The van der Waals surface area contributed by atoms with Crippen molar-refractivity contribution in [3.63, 3.8) is 0 Å². The Morgan fingerprint density at radius 1 is 1.39 bits per heavy atom. The van der Waals surface area contributed by atoms with Crippen LogP contribution >= 0.6 is 11.6 Å². The van der Waals surface area contributed by atoms with Crippen LogP contribution in [-0.4, -0.2) is 18.8 Å².